The van der Waals surface area contributed by atoms with Crippen LogP contribution in [0.2, 0.25) is 0 Å². The van der Waals surface area contributed by atoms with Crippen molar-refractivity contribution in [3.8, 4) is 5.75 Å². The molecular formula is C12H16N2O. The van der Waals surface area contributed by atoms with E-state index in [1.165, 1.54) is 25.1 Å². The van der Waals surface area contributed by atoms with Crippen LogP contribution in [0.3, 0.4) is 0 Å². The lowest BCUT2D eigenvalue weighted by Crippen LogP contribution is -2.42. The van der Waals surface area contributed by atoms with Crippen LogP contribution in [0.5, 0.6) is 5.75 Å². The maximum atomic E-state index is 9.77. The quantitative estimate of drug-likeness (QED) is 0.686. The Balaban J connectivity index is 1.98. The zero-order chi connectivity index (χ0) is 10.3. The van der Waals surface area contributed by atoms with Crippen molar-refractivity contribution in [3.63, 3.8) is 0 Å². The standard InChI is InChI=1S/C12H16N2O/c15-11-4-1-3-9-10(14-7-2-8-14)5-6-13-12(9)11/h1,3-4,10,13,15H,2,5-8H2. The van der Waals surface area contributed by atoms with Gasteiger partial charge in [0.1, 0.15) is 5.75 Å². The predicted octanol–water partition coefficient (Wildman–Crippen LogP) is 1.95. The maximum absolute atomic E-state index is 9.77. The van der Waals surface area contributed by atoms with E-state index < -0.39 is 0 Å². The first kappa shape index (κ1) is 9.04. The lowest BCUT2D eigenvalue weighted by molar-refractivity contribution is 0.112. The van der Waals surface area contributed by atoms with Crippen LogP contribution in [0.1, 0.15) is 24.4 Å². The highest BCUT2D eigenvalue weighted by Gasteiger charge is 2.29. The molecule has 1 fully saturated rings. The predicted molar refractivity (Wildman–Crippen MR) is 60.1 cm³/mol. The Bertz CT molecular complexity index is 374. The summed E-state index contributed by atoms with van der Waals surface area (Å²) < 4.78 is 0. The molecule has 1 atom stereocenters. The molecule has 2 aliphatic heterocycles. The number of nitrogens with one attached hydrogen (secondary N) is 1. The molecule has 1 saturated heterocycles. The van der Waals surface area contributed by atoms with Crippen LogP contribution in [0, 0.1) is 0 Å². The smallest absolute Gasteiger partial charge is 0.139 e. The third-order valence-corrected chi connectivity index (χ3v) is 3.48. The average molecular weight is 204 g/mol. The molecule has 0 aliphatic carbocycles. The van der Waals surface area contributed by atoms with E-state index in [9.17, 15) is 5.11 Å². The molecule has 1 aromatic carbocycles. The first-order valence-electron chi connectivity index (χ1n) is 5.66. The molecule has 0 saturated carbocycles. The summed E-state index contributed by atoms with van der Waals surface area (Å²) in [4.78, 5) is 2.50. The highest BCUT2D eigenvalue weighted by molar-refractivity contribution is 5.63. The number of anilines is 1. The Morgan fingerprint density at radius 2 is 2.20 bits per heavy atom. The summed E-state index contributed by atoms with van der Waals surface area (Å²) in [6.45, 7) is 3.38. The zero-order valence-corrected chi connectivity index (χ0v) is 8.74. The molecule has 2 aliphatic rings. The van der Waals surface area contributed by atoms with Gasteiger partial charge >= 0.3 is 0 Å². The van der Waals surface area contributed by atoms with Gasteiger partial charge in [0.15, 0.2) is 0 Å². The molecule has 2 heterocycles. The third kappa shape index (κ3) is 1.38. The van der Waals surface area contributed by atoms with Crippen molar-refractivity contribution in [2.24, 2.45) is 0 Å². The van der Waals surface area contributed by atoms with E-state index in [0.29, 0.717) is 11.8 Å². The first-order valence-corrected chi connectivity index (χ1v) is 5.66. The molecule has 2 N–H and O–H groups in total. The number of phenolic OH excluding ortho intramolecular Hbond substituents is 1. The van der Waals surface area contributed by atoms with Crippen molar-refractivity contribution < 1.29 is 5.11 Å². The van der Waals surface area contributed by atoms with Gasteiger partial charge in [-0.15, -0.1) is 0 Å². The normalized spacial score (nSPS) is 25.2. The monoisotopic (exact) mass is 204 g/mol. The van der Waals surface area contributed by atoms with E-state index >= 15 is 0 Å². The molecule has 0 aromatic heterocycles. The van der Waals surface area contributed by atoms with Gasteiger partial charge in [-0.2, -0.15) is 0 Å². The van der Waals surface area contributed by atoms with E-state index in [2.05, 4.69) is 16.3 Å². The second kappa shape index (κ2) is 3.42. The van der Waals surface area contributed by atoms with Crippen LogP contribution < -0.4 is 5.32 Å². The first-order chi connectivity index (χ1) is 7.36. The highest BCUT2D eigenvalue weighted by atomic mass is 16.3. The minimum Gasteiger partial charge on any atom is -0.506 e. The number of likely N-dealkylation sites (tertiary alicyclic amines) is 1. The SMILES string of the molecule is Oc1cccc2c1NCCC2N1CCC1. The Morgan fingerprint density at radius 3 is 2.93 bits per heavy atom. The second-order valence-electron chi connectivity index (χ2n) is 4.36. The fourth-order valence-electron chi connectivity index (χ4n) is 2.55. The van der Waals surface area contributed by atoms with Crippen LogP contribution in [0.4, 0.5) is 5.69 Å². The topological polar surface area (TPSA) is 35.5 Å². The summed E-state index contributed by atoms with van der Waals surface area (Å²) in [6, 6.07) is 6.34. The van der Waals surface area contributed by atoms with Crippen LogP contribution in [-0.4, -0.2) is 29.6 Å². The maximum Gasteiger partial charge on any atom is 0.139 e. The Hall–Kier alpha value is -1.22. The van der Waals surface area contributed by atoms with Gasteiger partial charge < -0.3 is 10.4 Å². The lowest BCUT2D eigenvalue weighted by Gasteiger charge is -2.41. The van der Waals surface area contributed by atoms with Gasteiger partial charge in [0, 0.05) is 12.6 Å². The fourth-order valence-corrected chi connectivity index (χ4v) is 2.55. The second-order valence-corrected chi connectivity index (χ2v) is 4.36. The van der Waals surface area contributed by atoms with E-state index in [4.69, 9.17) is 0 Å². The Morgan fingerprint density at radius 1 is 1.33 bits per heavy atom. The lowest BCUT2D eigenvalue weighted by atomic mass is 9.94. The van der Waals surface area contributed by atoms with E-state index in [-0.39, 0.29) is 0 Å². The molecule has 1 aromatic rings. The van der Waals surface area contributed by atoms with Crippen molar-refractivity contribution in [1.82, 2.24) is 4.90 Å². The largest absolute Gasteiger partial charge is 0.506 e. The van der Waals surface area contributed by atoms with Gasteiger partial charge in [-0.05, 0) is 37.6 Å². The summed E-state index contributed by atoms with van der Waals surface area (Å²) in [5, 5.41) is 13.1. The fraction of sp³-hybridized carbons (Fsp3) is 0.500. The number of fused-ring (bicyclic) bond motifs is 1. The van der Waals surface area contributed by atoms with Gasteiger partial charge in [-0.25, -0.2) is 0 Å². The van der Waals surface area contributed by atoms with Gasteiger partial charge in [0.25, 0.3) is 0 Å². The zero-order valence-electron chi connectivity index (χ0n) is 8.74. The summed E-state index contributed by atoms with van der Waals surface area (Å²) in [7, 11) is 0. The van der Waals surface area contributed by atoms with Crippen molar-refractivity contribution in [1.29, 1.82) is 0 Å². The van der Waals surface area contributed by atoms with Crippen molar-refractivity contribution >= 4 is 5.69 Å². The number of rotatable bonds is 1. The number of aromatic hydroxyl groups is 1. The van der Waals surface area contributed by atoms with Gasteiger partial charge in [-0.3, -0.25) is 4.90 Å². The summed E-state index contributed by atoms with van der Waals surface area (Å²) in [6.07, 6.45) is 2.47. The number of nitrogens with zero attached hydrogens (tertiary/aromatic N) is 1. The summed E-state index contributed by atoms with van der Waals surface area (Å²) in [5.41, 5.74) is 2.21. The minimum absolute atomic E-state index is 0.387. The molecule has 15 heavy (non-hydrogen) atoms. The summed E-state index contributed by atoms with van der Waals surface area (Å²) >= 11 is 0. The van der Waals surface area contributed by atoms with Crippen molar-refractivity contribution in [3.05, 3.63) is 23.8 Å². The van der Waals surface area contributed by atoms with Crippen molar-refractivity contribution in [2.75, 3.05) is 25.0 Å². The number of benzene rings is 1. The molecule has 3 rings (SSSR count). The summed E-state index contributed by atoms with van der Waals surface area (Å²) in [5.74, 6) is 0.387. The number of phenols is 1. The molecule has 0 spiro atoms. The Kier molecular flexibility index (Phi) is 2.06. The molecule has 0 bridgehead atoms. The number of hydrogen-bond acceptors (Lipinski definition) is 3. The van der Waals surface area contributed by atoms with Gasteiger partial charge in [-0.1, -0.05) is 12.1 Å². The van der Waals surface area contributed by atoms with Crippen LogP contribution >= 0.6 is 0 Å². The number of hydrogen-bond donors (Lipinski definition) is 2. The molecular weight excluding hydrogens is 188 g/mol. The molecule has 0 amide bonds. The minimum atomic E-state index is 0.387. The highest BCUT2D eigenvalue weighted by Crippen LogP contribution is 2.40. The van der Waals surface area contributed by atoms with E-state index in [1.54, 1.807) is 6.07 Å². The van der Waals surface area contributed by atoms with Gasteiger partial charge in [0.2, 0.25) is 0 Å². The Labute approximate surface area is 89.7 Å². The molecule has 3 nitrogen and oxygen atoms in total. The average Bonchev–Trinajstić information content (AvgIpc) is 2.17. The van der Waals surface area contributed by atoms with Crippen molar-refractivity contribution in [2.45, 2.75) is 18.9 Å². The van der Waals surface area contributed by atoms with Crippen LogP contribution in [0.25, 0.3) is 0 Å². The third-order valence-electron chi connectivity index (χ3n) is 3.48. The molecule has 0 radical (unpaired) electrons. The molecule has 1 unspecified atom stereocenters. The van der Waals surface area contributed by atoms with Crippen LogP contribution in [-0.2, 0) is 0 Å². The molecule has 3 heteroatoms. The van der Waals surface area contributed by atoms with E-state index in [1.807, 2.05) is 6.07 Å². The molecule has 80 valence electrons. The number of para-hydroxylation sites is 1. The van der Waals surface area contributed by atoms with E-state index in [0.717, 1.165) is 18.7 Å². The van der Waals surface area contributed by atoms with Gasteiger partial charge in [0.05, 0.1) is 5.69 Å². The van der Waals surface area contributed by atoms with Crippen LogP contribution in [0.15, 0.2) is 18.2 Å².